The average molecular weight is 502 g/mol. The molecule has 1 amide bonds. The Balaban J connectivity index is 2.17. The fourth-order valence-corrected chi connectivity index (χ4v) is 3.62. The van der Waals surface area contributed by atoms with Crippen LogP contribution in [0.3, 0.4) is 0 Å². The molecule has 0 aliphatic heterocycles. The minimum absolute atomic E-state index is 0.104. The fourth-order valence-electron chi connectivity index (χ4n) is 3.05. The molecule has 2 rings (SSSR count). The molecule has 1 unspecified atom stereocenters. The summed E-state index contributed by atoms with van der Waals surface area (Å²) in [7, 11) is -3.65. The monoisotopic (exact) mass is 501 g/mol. The first-order chi connectivity index (χ1) is 15.7. The molecule has 1 heterocycles. The van der Waals surface area contributed by atoms with Crippen LogP contribution in [-0.4, -0.2) is 25.6 Å². The van der Waals surface area contributed by atoms with Gasteiger partial charge in [0.25, 0.3) is 0 Å². The summed E-state index contributed by atoms with van der Waals surface area (Å²) in [5, 5.41) is 2.64. The molecule has 0 aliphatic carbocycles. The lowest BCUT2D eigenvalue weighted by atomic mass is 9.98. The normalized spacial score (nSPS) is 14.1. The van der Waals surface area contributed by atoms with E-state index in [-0.39, 0.29) is 17.3 Å². The number of aromatic nitrogens is 1. The van der Waals surface area contributed by atoms with Gasteiger partial charge in [-0.15, -0.1) is 0 Å². The lowest BCUT2D eigenvalue weighted by molar-refractivity contribution is -0.141. The Morgan fingerprint density at radius 1 is 1.18 bits per heavy atom. The number of sulfonamides is 1. The van der Waals surface area contributed by atoms with Gasteiger partial charge in [0.2, 0.25) is 15.9 Å². The zero-order valence-electron chi connectivity index (χ0n) is 19.2. The van der Waals surface area contributed by atoms with Crippen LogP contribution < -0.4 is 10.0 Å². The van der Waals surface area contributed by atoms with Gasteiger partial charge in [-0.05, 0) is 54.7 Å². The van der Waals surface area contributed by atoms with Gasteiger partial charge in [0.05, 0.1) is 18.0 Å². The molecule has 186 valence electrons. The maximum absolute atomic E-state index is 14.2. The Kier molecular flexibility index (Phi) is 8.82. The molecule has 2 N–H and O–H groups in total. The number of halogens is 4. The van der Waals surface area contributed by atoms with Crippen LogP contribution in [0.25, 0.3) is 6.08 Å². The van der Waals surface area contributed by atoms with Gasteiger partial charge in [-0.2, -0.15) is 13.2 Å². The van der Waals surface area contributed by atoms with Crippen LogP contribution >= 0.6 is 0 Å². The van der Waals surface area contributed by atoms with Gasteiger partial charge in [0.1, 0.15) is 11.5 Å². The summed E-state index contributed by atoms with van der Waals surface area (Å²) in [6.45, 7) is 5.44. The molecule has 6 nitrogen and oxygen atoms in total. The van der Waals surface area contributed by atoms with Crippen molar-refractivity contribution in [2.24, 2.45) is 5.92 Å². The van der Waals surface area contributed by atoms with Crippen LogP contribution in [-0.2, 0) is 27.4 Å². The quantitative estimate of drug-likeness (QED) is 0.370. The topological polar surface area (TPSA) is 88.2 Å². The largest absolute Gasteiger partial charge is 0.433 e. The number of anilines is 1. The van der Waals surface area contributed by atoms with E-state index in [1.165, 1.54) is 30.4 Å². The molecule has 0 radical (unpaired) electrons. The number of nitrogens with one attached hydrogen (secondary N) is 2. The van der Waals surface area contributed by atoms with E-state index >= 15 is 0 Å². The molecule has 0 spiro atoms. The molecule has 0 fully saturated rings. The van der Waals surface area contributed by atoms with Crippen LogP contribution in [0.2, 0.25) is 0 Å². The van der Waals surface area contributed by atoms with Crippen LogP contribution in [0.15, 0.2) is 36.4 Å². The number of nitrogens with zero attached hydrogens (tertiary/aromatic N) is 1. The van der Waals surface area contributed by atoms with Crippen molar-refractivity contribution in [1.29, 1.82) is 0 Å². The summed E-state index contributed by atoms with van der Waals surface area (Å²) in [5.41, 5.74) is -0.159. The van der Waals surface area contributed by atoms with Crippen molar-refractivity contribution >= 4 is 27.7 Å². The fraction of sp³-hybridized carbons (Fsp3) is 0.391. The minimum atomic E-state index is -4.57. The third kappa shape index (κ3) is 8.12. The molecule has 0 bridgehead atoms. The van der Waals surface area contributed by atoms with Crippen molar-refractivity contribution < 1.29 is 30.8 Å². The zero-order valence-corrected chi connectivity index (χ0v) is 20.0. The van der Waals surface area contributed by atoms with Crippen LogP contribution in [0.4, 0.5) is 23.2 Å². The Morgan fingerprint density at radius 2 is 1.85 bits per heavy atom. The molecule has 34 heavy (non-hydrogen) atoms. The van der Waals surface area contributed by atoms with Crippen LogP contribution in [0.1, 0.15) is 55.7 Å². The van der Waals surface area contributed by atoms with Crippen molar-refractivity contribution in [1.82, 2.24) is 10.3 Å². The zero-order chi connectivity index (χ0) is 25.7. The Hall–Kier alpha value is -2.95. The van der Waals surface area contributed by atoms with Crippen molar-refractivity contribution in [3.8, 4) is 0 Å². The van der Waals surface area contributed by atoms with Crippen molar-refractivity contribution in [3.05, 3.63) is 64.7 Å². The summed E-state index contributed by atoms with van der Waals surface area (Å²) < 4.78 is 78.0. The standard InChI is InChI=1S/C23H27F4N3O3S/c1-5-14(2)12-20-16(7-10-21(29-20)23(25,26)27)8-11-22(31)28-15(3)17-6-9-19(18(24)13-17)30-34(4,32)33/h6-11,13-15,30H,5,12H2,1-4H3,(H,28,31)/t14?,15-/m1/s1. The highest BCUT2D eigenvalue weighted by Crippen LogP contribution is 2.29. The van der Waals surface area contributed by atoms with Gasteiger partial charge in [-0.1, -0.05) is 32.4 Å². The predicted molar refractivity (Wildman–Crippen MR) is 123 cm³/mol. The molecule has 11 heteroatoms. The summed E-state index contributed by atoms with van der Waals surface area (Å²) in [5.74, 6) is -1.24. The molecular formula is C23H27F4N3O3S. The first-order valence-electron chi connectivity index (χ1n) is 10.5. The number of pyridine rings is 1. The van der Waals surface area contributed by atoms with E-state index in [1.54, 1.807) is 6.92 Å². The van der Waals surface area contributed by atoms with Crippen molar-refractivity contribution in [2.75, 3.05) is 11.0 Å². The minimum Gasteiger partial charge on any atom is -0.346 e. The first kappa shape index (κ1) is 27.3. The van der Waals surface area contributed by atoms with Gasteiger partial charge < -0.3 is 5.32 Å². The number of alkyl halides is 3. The third-order valence-corrected chi connectivity index (χ3v) is 5.69. The van der Waals surface area contributed by atoms with E-state index in [4.69, 9.17) is 0 Å². The van der Waals surface area contributed by atoms with Crippen molar-refractivity contribution in [3.63, 3.8) is 0 Å². The highest BCUT2D eigenvalue weighted by molar-refractivity contribution is 7.92. The average Bonchev–Trinajstić information content (AvgIpc) is 2.72. The number of hydrogen-bond donors (Lipinski definition) is 2. The van der Waals surface area contributed by atoms with E-state index in [9.17, 15) is 30.8 Å². The number of carbonyl (C=O) groups excluding carboxylic acids is 1. The number of rotatable bonds is 9. The summed E-state index contributed by atoms with van der Waals surface area (Å²) in [6.07, 6.45) is -0.0141. The second-order valence-corrected chi connectivity index (χ2v) is 9.87. The molecule has 0 aliphatic rings. The number of hydrogen-bond acceptors (Lipinski definition) is 4. The van der Waals surface area contributed by atoms with Gasteiger partial charge in [-0.3, -0.25) is 9.52 Å². The highest BCUT2D eigenvalue weighted by atomic mass is 32.2. The Labute approximate surface area is 196 Å². The van der Waals surface area contributed by atoms with E-state index in [2.05, 4.69) is 15.0 Å². The van der Waals surface area contributed by atoms with E-state index in [1.807, 2.05) is 13.8 Å². The summed E-state index contributed by atoms with van der Waals surface area (Å²) in [6, 6.07) is 5.35. The van der Waals surface area contributed by atoms with Crippen molar-refractivity contribution in [2.45, 2.75) is 45.8 Å². The van der Waals surface area contributed by atoms with Crippen LogP contribution in [0, 0.1) is 11.7 Å². The van der Waals surface area contributed by atoms with E-state index in [0.29, 0.717) is 17.5 Å². The van der Waals surface area contributed by atoms with Crippen LogP contribution in [0.5, 0.6) is 0 Å². The first-order valence-corrected chi connectivity index (χ1v) is 12.4. The lowest BCUT2D eigenvalue weighted by Gasteiger charge is -2.15. The van der Waals surface area contributed by atoms with Gasteiger partial charge >= 0.3 is 6.18 Å². The van der Waals surface area contributed by atoms with E-state index in [0.717, 1.165) is 24.8 Å². The molecule has 1 aromatic heterocycles. The maximum atomic E-state index is 14.2. The Morgan fingerprint density at radius 3 is 2.41 bits per heavy atom. The molecule has 2 atom stereocenters. The van der Waals surface area contributed by atoms with Gasteiger partial charge in [0.15, 0.2) is 0 Å². The number of amides is 1. The third-order valence-electron chi connectivity index (χ3n) is 5.10. The predicted octanol–water partition coefficient (Wildman–Crippen LogP) is 5.09. The molecule has 0 saturated heterocycles. The van der Waals surface area contributed by atoms with E-state index < -0.39 is 39.7 Å². The second-order valence-electron chi connectivity index (χ2n) is 8.12. The van der Waals surface area contributed by atoms with Gasteiger partial charge in [-0.25, -0.2) is 17.8 Å². The highest BCUT2D eigenvalue weighted by Gasteiger charge is 2.33. The number of benzene rings is 1. The number of carbonyl (C=O) groups is 1. The molecule has 2 aromatic rings. The molecule has 1 aromatic carbocycles. The Bertz CT molecular complexity index is 1160. The second kappa shape index (κ2) is 11.0. The summed E-state index contributed by atoms with van der Waals surface area (Å²) >= 11 is 0. The van der Waals surface area contributed by atoms with Gasteiger partial charge in [0, 0.05) is 11.8 Å². The maximum Gasteiger partial charge on any atom is 0.433 e. The SMILES string of the molecule is CCC(C)Cc1nc(C(F)(F)F)ccc1C=CC(=O)N[C@H](C)c1ccc(NS(C)(=O)=O)c(F)c1. The summed E-state index contributed by atoms with van der Waals surface area (Å²) in [4.78, 5) is 16.1. The molecule has 0 saturated carbocycles. The molecular weight excluding hydrogens is 474 g/mol. The smallest absolute Gasteiger partial charge is 0.346 e. The lowest BCUT2D eigenvalue weighted by Crippen LogP contribution is -2.24.